The summed E-state index contributed by atoms with van der Waals surface area (Å²) in [4.78, 5) is 14.0. The summed E-state index contributed by atoms with van der Waals surface area (Å²) >= 11 is 5.84. The standard InChI is InChI=1S/C13H16ClNO2/c1-13(2)5-6-15(8-13)12(17)10-7-9(14)3-4-11(10)16/h3-4,7,16H,5-6,8H2,1-2H3. The fourth-order valence-electron chi connectivity index (χ4n) is 2.14. The number of aromatic hydroxyl groups is 1. The third-order valence-corrected chi connectivity index (χ3v) is 3.39. The molecule has 0 bridgehead atoms. The summed E-state index contributed by atoms with van der Waals surface area (Å²) in [6, 6.07) is 4.54. The Kier molecular flexibility index (Phi) is 3.04. The highest BCUT2D eigenvalue weighted by Gasteiger charge is 2.33. The van der Waals surface area contributed by atoms with Crippen LogP contribution in [0.15, 0.2) is 18.2 Å². The molecule has 1 aromatic rings. The first-order valence-electron chi connectivity index (χ1n) is 5.67. The molecule has 0 atom stereocenters. The Morgan fingerprint density at radius 1 is 1.47 bits per heavy atom. The van der Waals surface area contributed by atoms with Crippen LogP contribution in [0, 0.1) is 5.41 Å². The van der Waals surface area contributed by atoms with E-state index in [1.807, 2.05) is 0 Å². The van der Waals surface area contributed by atoms with Gasteiger partial charge in [0, 0.05) is 18.1 Å². The molecule has 0 aliphatic carbocycles. The van der Waals surface area contributed by atoms with Crippen LogP contribution in [-0.2, 0) is 0 Å². The number of phenols is 1. The second kappa shape index (κ2) is 4.22. The number of benzene rings is 1. The number of phenolic OH excluding ortho intramolecular Hbond substituents is 1. The zero-order valence-corrected chi connectivity index (χ0v) is 10.8. The fourth-order valence-corrected chi connectivity index (χ4v) is 2.31. The largest absolute Gasteiger partial charge is 0.507 e. The summed E-state index contributed by atoms with van der Waals surface area (Å²) < 4.78 is 0. The predicted molar refractivity (Wildman–Crippen MR) is 67.4 cm³/mol. The van der Waals surface area contributed by atoms with Gasteiger partial charge in [0.2, 0.25) is 0 Å². The molecule has 1 fully saturated rings. The highest BCUT2D eigenvalue weighted by atomic mass is 35.5. The van der Waals surface area contributed by atoms with E-state index in [1.54, 1.807) is 11.0 Å². The van der Waals surface area contributed by atoms with E-state index < -0.39 is 0 Å². The summed E-state index contributed by atoms with van der Waals surface area (Å²) in [6.45, 7) is 5.73. The number of amides is 1. The van der Waals surface area contributed by atoms with Gasteiger partial charge in [-0.05, 0) is 30.0 Å². The lowest BCUT2D eigenvalue weighted by atomic mass is 9.93. The SMILES string of the molecule is CC1(C)CCN(C(=O)c2cc(Cl)ccc2O)C1. The van der Waals surface area contributed by atoms with Gasteiger partial charge in [-0.1, -0.05) is 25.4 Å². The monoisotopic (exact) mass is 253 g/mol. The average molecular weight is 254 g/mol. The maximum atomic E-state index is 12.2. The Bertz CT molecular complexity index is 457. The quantitative estimate of drug-likeness (QED) is 0.836. The second-order valence-corrected chi connectivity index (χ2v) is 5.74. The minimum Gasteiger partial charge on any atom is -0.507 e. The van der Waals surface area contributed by atoms with Crippen molar-refractivity contribution in [2.24, 2.45) is 5.41 Å². The third-order valence-electron chi connectivity index (χ3n) is 3.15. The molecule has 0 unspecified atom stereocenters. The molecule has 0 saturated carbocycles. The predicted octanol–water partition coefficient (Wildman–Crippen LogP) is 2.92. The first kappa shape index (κ1) is 12.2. The third kappa shape index (κ3) is 2.55. The molecule has 4 heteroatoms. The van der Waals surface area contributed by atoms with Crippen LogP contribution in [0.25, 0.3) is 0 Å². The van der Waals surface area contributed by atoms with E-state index in [9.17, 15) is 9.90 Å². The molecule has 0 spiro atoms. The van der Waals surface area contributed by atoms with Crippen LogP contribution in [0.5, 0.6) is 5.75 Å². The topological polar surface area (TPSA) is 40.5 Å². The number of nitrogens with zero attached hydrogens (tertiary/aromatic N) is 1. The Hall–Kier alpha value is -1.22. The summed E-state index contributed by atoms with van der Waals surface area (Å²) in [5.41, 5.74) is 0.444. The molecule has 92 valence electrons. The van der Waals surface area contributed by atoms with Gasteiger partial charge in [0.05, 0.1) is 5.56 Å². The number of carbonyl (C=O) groups excluding carboxylic acids is 1. The van der Waals surface area contributed by atoms with E-state index in [4.69, 9.17) is 11.6 Å². The smallest absolute Gasteiger partial charge is 0.257 e. The lowest BCUT2D eigenvalue weighted by Crippen LogP contribution is -2.30. The van der Waals surface area contributed by atoms with Gasteiger partial charge in [0.1, 0.15) is 5.75 Å². The number of hydrogen-bond donors (Lipinski definition) is 1. The lowest BCUT2D eigenvalue weighted by Gasteiger charge is -2.20. The number of halogens is 1. The Morgan fingerprint density at radius 2 is 2.18 bits per heavy atom. The molecule has 1 aromatic carbocycles. The maximum Gasteiger partial charge on any atom is 0.257 e. The minimum atomic E-state index is -0.143. The number of likely N-dealkylation sites (tertiary alicyclic amines) is 1. The van der Waals surface area contributed by atoms with Crippen LogP contribution < -0.4 is 0 Å². The van der Waals surface area contributed by atoms with E-state index in [0.29, 0.717) is 5.02 Å². The summed E-state index contributed by atoms with van der Waals surface area (Å²) in [6.07, 6.45) is 0.986. The van der Waals surface area contributed by atoms with Crippen LogP contribution >= 0.6 is 11.6 Å². The van der Waals surface area contributed by atoms with Gasteiger partial charge in [0.15, 0.2) is 0 Å². The molecule has 1 N–H and O–H groups in total. The first-order chi connectivity index (χ1) is 7.89. The van der Waals surface area contributed by atoms with Gasteiger partial charge in [-0.25, -0.2) is 0 Å². The lowest BCUT2D eigenvalue weighted by molar-refractivity contribution is 0.0775. The van der Waals surface area contributed by atoms with Crippen LogP contribution in [0.1, 0.15) is 30.6 Å². The van der Waals surface area contributed by atoms with E-state index in [1.165, 1.54) is 12.1 Å². The average Bonchev–Trinajstić information content (AvgIpc) is 2.61. The Labute approximate surface area is 106 Å². The number of hydrogen-bond acceptors (Lipinski definition) is 2. The molecule has 1 aliphatic rings. The van der Waals surface area contributed by atoms with Gasteiger partial charge < -0.3 is 10.0 Å². The van der Waals surface area contributed by atoms with Crippen molar-refractivity contribution in [3.05, 3.63) is 28.8 Å². The molecular weight excluding hydrogens is 238 g/mol. The summed E-state index contributed by atoms with van der Waals surface area (Å²) in [5.74, 6) is -0.153. The van der Waals surface area contributed by atoms with E-state index in [-0.39, 0.29) is 22.6 Å². The van der Waals surface area contributed by atoms with Crippen molar-refractivity contribution < 1.29 is 9.90 Å². The van der Waals surface area contributed by atoms with Crippen molar-refractivity contribution >= 4 is 17.5 Å². The molecule has 1 heterocycles. The molecule has 1 aliphatic heterocycles. The number of carbonyl (C=O) groups is 1. The highest BCUT2D eigenvalue weighted by Crippen LogP contribution is 2.31. The van der Waals surface area contributed by atoms with Crippen LogP contribution in [0.4, 0.5) is 0 Å². The highest BCUT2D eigenvalue weighted by molar-refractivity contribution is 6.31. The molecular formula is C13H16ClNO2. The van der Waals surface area contributed by atoms with Gasteiger partial charge in [-0.15, -0.1) is 0 Å². The van der Waals surface area contributed by atoms with Crippen molar-refractivity contribution in [3.63, 3.8) is 0 Å². The second-order valence-electron chi connectivity index (χ2n) is 5.30. The van der Waals surface area contributed by atoms with Crippen molar-refractivity contribution in [3.8, 4) is 5.75 Å². The summed E-state index contributed by atoms with van der Waals surface area (Å²) in [7, 11) is 0. The number of rotatable bonds is 1. The molecule has 1 saturated heterocycles. The van der Waals surface area contributed by atoms with Gasteiger partial charge in [-0.2, -0.15) is 0 Å². The fraction of sp³-hybridized carbons (Fsp3) is 0.462. The normalized spacial score (nSPS) is 18.4. The molecule has 3 nitrogen and oxygen atoms in total. The Morgan fingerprint density at radius 3 is 2.76 bits per heavy atom. The van der Waals surface area contributed by atoms with Crippen molar-refractivity contribution in [2.75, 3.05) is 13.1 Å². The van der Waals surface area contributed by atoms with Crippen molar-refractivity contribution in [1.29, 1.82) is 0 Å². The molecule has 17 heavy (non-hydrogen) atoms. The van der Waals surface area contributed by atoms with Crippen LogP contribution in [-0.4, -0.2) is 29.0 Å². The minimum absolute atomic E-state index is 0.0101. The molecule has 0 aromatic heterocycles. The summed E-state index contributed by atoms with van der Waals surface area (Å²) in [5, 5.41) is 10.2. The van der Waals surface area contributed by atoms with Crippen LogP contribution in [0.3, 0.4) is 0 Å². The van der Waals surface area contributed by atoms with Crippen LogP contribution in [0.2, 0.25) is 5.02 Å². The molecule has 2 rings (SSSR count). The zero-order valence-electron chi connectivity index (χ0n) is 10.0. The molecule has 1 amide bonds. The molecule has 0 radical (unpaired) electrons. The maximum absolute atomic E-state index is 12.2. The Balaban J connectivity index is 2.23. The van der Waals surface area contributed by atoms with Crippen molar-refractivity contribution in [2.45, 2.75) is 20.3 Å². The van der Waals surface area contributed by atoms with E-state index in [0.717, 1.165) is 19.5 Å². The van der Waals surface area contributed by atoms with E-state index >= 15 is 0 Å². The zero-order chi connectivity index (χ0) is 12.6. The van der Waals surface area contributed by atoms with Gasteiger partial charge >= 0.3 is 0 Å². The van der Waals surface area contributed by atoms with Gasteiger partial charge in [0.25, 0.3) is 5.91 Å². The van der Waals surface area contributed by atoms with Gasteiger partial charge in [-0.3, -0.25) is 4.79 Å². The first-order valence-corrected chi connectivity index (χ1v) is 6.05. The van der Waals surface area contributed by atoms with Crippen molar-refractivity contribution in [1.82, 2.24) is 4.90 Å². The van der Waals surface area contributed by atoms with E-state index in [2.05, 4.69) is 13.8 Å².